The largest absolute Gasteiger partial charge is 0.492 e. The zero-order valence-electron chi connectivity index (χ0n) is 11.8. The van der Waals surface area contributed by atoms with Crippen LogP contribution in [0, 0.1) is 11.8 Å². The van der Waals surface area contributed by atoms with Gasteiger partial charge >= 0.3 is 5.97 Å². The van der Waals surface area contributed by atoms with Crippen LogP contribution in [0.3, 0.4) is 0 Å². The minimum Gasteiger partial charge on any atom is -0.492 e. The van der Waals surface area contributed by atoms with Crippen LogP contribution in [0.1, 0.15) is 13.3 Å². The molecule has 0 bridgehead atoms. The number of halogens is 1. The van der Waals surface area contributed by atoms with Crippen LogP contribution >= 0.6 is 11.6 Å². The van der Waals surface area contributed by atoms with E-state index in [1.54, 1.807) is 24.3 Å². The van der Waals surface area contributed by atoms with Gasteiger partial charge in [0.05, 0.1) is 12.5 Å². The number of hydrogen-bond donors (Lipinski definition) is 1. The summed E-state index contributed by atoms with van der Waals surface area (Å²) in [6.07, 6.45) is 0.857. The van der Waals surface area contributed by atoms with E-state index in [-0.39, 0.29) is 24.4 Å². The first kappa shape index (κ1) is 15.6. The number of nitrogens with one attached hydrogen (secondary N) is 1. The van der Waals surface area contributed by atoms with E-state index < -0.39 is 0 Å². The summed E-state index contributed by atoms with van der Waals surface area (Å²) in [5, 5.41) is 3.26. The van der Waals surface area contributed by atoms with Crippen molar-refractivity contribution < 1.29 is 19.1 Å². The Hall–Kier alpha value is -1.75. The van der Waals surface area contributed by atoms with Gasteiger partial charge in [-0.1, -0.05) is 18.5 Å². The van der Waals surface area contributed by atoms with Gasteiger partial charge < -0.3 is 14.8 Å². The van der Waals surface area contributed by atoms with Crippen LogP contribution in [0.25, 0.3) is 0 Å². The summed E-state index contributed by atoms with van der Waals surface area (Å²) in [7, 11) is 0. The predicted octanol–water partition coefficient (Wildman–Crippen LogP) is 2.03. The minimum absolute atomic E-state index is 0.0222. The van der Waals surface area contributed by atoms with Crippen LogP contribution in [-0.2, 0) is 14.3 Å². The van der Waals surface area contributed by atoms with Gasteiger partial charge in [0.25, 0.3) is 5.91 Å². The summed E-state index contributed by atoms with van der Waals surface area (Å²) in [5.41, 5.74) is 0. The van der Waals surface area contributed by atoms with Crippen LogP contribution in [0.5, 0.6) is 5.75 Å². The molecule has 0 saturated heterocycles. The number of ether oxygens (including phenoxy) is 2. The third kappa shape index (κ3) is 5.27. The van der Waals surface area contributed by atoms with Gasteiger partial charge in [0.15, 0.2) is 6.61 Å². The van der Waals surface area contributed by atoms with Crippen LogP contribution in [0.4, 0.5) is 0 Å². The van der Waals surface area contributed by atoms with E-state index in [1.165, 1.54) is 0 Å². The molecule has 0 radical (unpaired) electrons. The number of esters is 1. The molecule has 1 N–H and O–H groups in total. The summed E-state index contributed by atoms with van der Waals surface area (Å²) in [6, 6.07) is 6.97. The SMILES string of the molecule is C[C@H]1C[C@H]1C(=O)OCC(=O)NCCOc1ccc(Cl)cc1. The molecule has 0 aliphatic heterocycles. The van der Waals surface area contributed by atoms with Crippen LogP contribution < -0.4 is 10.1 Å². The van der Waals surface area contributed by atoms with Gasteiger partial charge in [0.1, 0.15) is 12.4 Å². The number of carbonyl (C=O) groups is 2. The van der Waals surface area contributed by atoms with Gasteiger partial charge in [-0.05, 0) is 36.6 Å². The number of hydrogen-bond acceptors (Lipinski definition) is 4. The molecule has 21 heavy (non-hydrogen) atoms. The molecule has 0 spiro atoms. The monoisotopic (exact) mass is 311 g/mol. The van der Waals surface area contributed by atoms with E-state index in [0.29, 0.717) is 29.8 Å². The number of rotatable bonds is 7. The second-order valence-corrected chi connectivity index (χ2v) is 5.52. The molecule has 0 unspecified atom stereocenters. The van der Waals surface area contributed by atoms with Crippen molar-refractivity contribution in [2.24, 2.45) is 11.8 Å². The fourth-order valence-corrected chi connectivity index (χ4v) is 1.96. The maximum Gasteiger partial charge on any atom is 0.309 e. The molecule has 1 aromatic rings. The third-order valence-electron chi connectivity index (χ3n) is 3.26. The Morgan fingerprint density at radius 2 is 2.00 bits per heavy atom. The van der Waals surface area contributed by atoms with E-state index in [9.17, 15) is 9.59 Å². The van der Waals surface area contributed by atoms with E-state index in [2.05, 4.69) is 5.32 Å². The molecule has 1 aliphatic carbocycles. The van der Waals surface area contributed by atoms with Crippen LogP contribution in [0.2, 0.25) is 5.02 Å². The first-order valence-corrected chi connectivity index (χ1v) is 7.26. The Bertz CT molecular complexity index is 503. The number of carbonyl (C=O) groups excluding carboxylic acids is 2. The second kappa shape index (κ2) is 7.31. The molecule has 2 rings (SSSR count). The lowest BCUT2D eigenvalue weighted by atomic mass is 10.3. The second-order valence-electron chi connectivity index (χ2n) is 5.08. The highest BCUT2D eigenvalue weighted by molar-refractivity contribution is 6.30. The highest BCUT2D eigenvalue weighted by Gasteiger charge is 2.40. The minimum atomic E-state index is -0.323. The molecule has 6 heteroatoms. The molecule has 1 saturated carbocycles. The smallest absolute Gasteiger partial charge is 0.309 e. The van der Waals surface area contributed by atoms with Crippen molar-refractivity contribution in [3.8, 4) is 5.75 Å². The van der Waals surface area contributed by atoms with E-state index in [4.69, 9.17) is 21.1 Å². The Labute approximate surface area is 128 Å². The Balaban J connectivity index is 1.54. The first-order chi connectivity index (χ1) is 10.1. The van der Waals surface area contributed by atoms with Crippen molar-refractivity contribution in [3.63, 3.8) is 0 Å². The van der Waals surface area contributed by atoms with Crippen molar-refractivity contribution in [2.45, 2.75) is 13.3 Å². The first-order valence-electron chi connectivity index (χ1n) is 6.88. The predicted molar refractivity (Wildman–Crippen MR) is 78.2 cm³/mol. The molecular weight excluding hydrogens is 294 g/mol. The Morgan fingerprint density at radius 3 is 2.62 bits per heavy atom. The molecule has 1 aromatic carbocycles. The summed E-state index contributed by atoms with van der Waals surface area (Å²) in [5.74, 6) is 0.439. The fraction of sp³-hybridized carbons (Fsp3) is 0.467. The van der Waals surface area contributed by atoms with Crippen molar-refractivity contribution in [1.82, 2.24) is 5.32 Å². The van der Waals surface area contributed by atoms with Crippen LogP contribution in [0.15, 0.2) is 24.3 Å². The Kier molecular flexibility index (Phi) is 5.44. The normalized spacial score (nSPS) is 19.7. The van der Waals surface area contributed by atoms with Gasteiger partial charge in [-0.3, -0.25) is 9.59 Å². The van der Waals surface area contributed by atoms with Crippen LogP contribution in [-0.4, -0.2) is 31.6 Å². The molecule has 114 valence electrons. The quantitative estimate of drug-likeness (QED) is 0.618. The summed E-state index contributed by atoms with van der Waals surface area (Å²) in [6.45, 7) is 2.43. The number of amides is 1. The molecule has 0 aromatic heterocycles. The molecule has 2 atom stereocenters. The average Bonchev–Trinajstić information content (AvgIpc) is 3.20. The van der Waals surface area contributed by atoms with Crippen molar-refractivity contribution in [2.75, 3.05) is 19.8 Å². The van der Waals surface area contributed by atoms with Gasteiger partial charge in [-0.2, -0.15) is 0 Å². The lowest BCUT2D eigenvalue weighted by Gasteiger charge is -2.08. The molecule has 1 aliphatic rings. The zero-order chi connectivity index (χ0) is 15.2. The fourth-order valence-electron chi connectivity index (χ4n) is 1.84. The molecule has 1 amide bonds. The highest BCUT2D eigenvalue weighted by Crippen LogP contribution is 2.38. The van der Waals surface area contributed by atoms with Crippen molar-refractivity contribution in [3.05, 3.63) is 29.3 Å². The third-order valence-corrected chi connectivity index (χ3v) is 3.52. The zero-order valence-corrected chi connectivity index (χ0v) is 12.6. The van der Waals surface area contributed by atoms with Crippen molar-refractivity contribution >= 4 is 23.5 Å². The van der Waals surface area contributed by atoms with Crippen molar-refractivity contribution in [1.29, 1.82) is 0 Å². The van der Waals surface area contributed by atoms with Gasteiger partial charge in [0.2, 0.25) is 0 Å². The molecule has 0 heterocycles. The standard InChI is InChI=1S/C15H18ClNO4/c1-10-8-13(10)15(19)21-9-14(18)17-6-7-20-12-4-2-11(16)3-5-12/h2-5,10,13H,6-9H2,1H3,(H,17,18)/t10-,13+/m0/s1. The topological polar surface area (TPSA) is 64.6 Å². The number of benzene rings is 1. The van der Waals surface area contributed by atoms with E-state index >= 15 is 0 Å². The molecule has 5 nitrogen and oxygen atoms in total. The van der Waals surface area contributed by atoms with Gasteiger partial charge in [-0.15, -0.1) is 0 Å². The lowest BCUT2D eigenvalue weighted by Crippen LogP contribution is -2.32. The molecular formula is C15H18ClNO4. The lowest BCUT2D eigenvalue weighted by molar-refractivity contribution is -0.150. The summed E-state index contributed by atoms with van der Waals surface area (Å²) < 4.78 is 10.3. The van der Waals surface area contributed by atoms with E-state index in [0.717, 1.165) is 6.42 Å². The maximum atomic E-state index is 11.5. The summed E-state index contributed by atoms with van der Waals surface area (Å²) >= 11 is 5.76. The summed E-state index contributed by atoms with van der Waals surface area (Å²) in [4.78, 5) is 22.9. The van der Waals surface area contributed by atoms with E-state index in [1.807, 2.05) is 6.92 Å². The van der Waals surface area contributed by atoms with Gasteiger partial charge in [-0.25, -0.2) is 0 Å². The average molecular weight is 312 g/mol. The Morgan fingerprint density at radius 1 is 1.33 bits per heavy atom. The maximum absolute atomic E-state index is 11.5. The highest BCUT2D eigenvalue weighted by atomic mass is 35.5. The molecule has 1 fully saturated rings. The van der Waals surface area contributed by atoms with Gasteiger partial charge in [0, 0.05) is 5.02 Å².